The minimum absolute atomic E-state index is 0.254. The molecule has 0 amide bonds. The summed E-state index contributed by atoms with van der Waals surface area (Å²) in [6, 6.07) is 7.58. The van der Waals surface area contributed by atoms with Crippen LogP contribution in [0.2, 0.25) is 5.02 Å². The second kappa shape index (κ2) is 6.83. The molecule has 1 saturated heterocycles. The van der Waals surface area contributed by atoms with Gasteiger partial charge in [0.2, 0.25) is 0 Å². The van der Waals surface area contributed by atoms with Gasteiger partial charge in [-0.25, -0.2) is 0 Å². The molecule has 1 aromatic heterocycles. The number of carbonyl (C=O) groups is 1. The van der Waals surface area contributed by atoms with E-state index in [0.29, 0.717) is 31.1 Å². The molecule has 0 bridgehead atoms. The van der Waals surface area contributed by atoms with Crippen LogP contribution in [0.15, 0.2) is 30.5 Å². The van der Waals surface area contributed by atoms with Crippen molar-refractivity contribution in [3.63, 3.8) is 0 Å². The Hall–Kier alpha value is -1.69. The number of carboxylic acid groups (broad SMARTS) is 1. The molecule has 2 N–H and O–H groups in total. The largest absolute Gasteiger partial charge is 0.481 e. The SMILES string of the molecule is O=C(O)C1(CNCc2cc(Cl)cc3cccnc23)CCCOC1. The van der Waals surface area contributed by atoms with Gasteiger partial charge in [-0.2, -0.15) is 0 Å². The highest BCUT2D eigenvalue weighted by Crippen LogP contribution is 2.29. The van der Waals surface area contributed by atoms with Crippen LogP contribution in [-0.4, -0.2) is 35.8 Å². The first kappa shape index (κ1) is 16.2. The third-order valence-corrected chi connectivity index (χ3v) is 4.52. The van der Waals surface area contributed by atoms with Crippen LogP contribution in [0.3, 0.4) is 0 Å². The lowest BCUT2D eigenvalue weighted by atomic mass is 9.82. The monoisotopic (exact) mass is 334 g/mol. The molecule has 6 heteroatoms. The van der Waals surface area contributed by atoms with Gasteiger partial charge in [-0.1, -0.05) is 17.7 Å². The molecule has 23 heavy (non-hydrogen) atoms. The molecule has 1 aliphatic rings. The van der Waals surface area contributed by atoms with Crippen molar-refractivity contribution in [2.75, 3.05) is 19.8 Å². The van der Waals surface area contributed by atoms with Crippen molar-refractivity contribution in [1.82, 2.24) is 10.3 Å². The number of nitrogens with zero attached hydrogens (tertiary/aromatic N) is 1. The summed E-state index contributed by atoms with van der Waals surface area (Å²) in [5.74, 6) is -0.807. The van der Waals surface area contributed by atoms with E-state index >= 15 is 0 Å². The Morgan fingerprint density at radius 2 is 2.35 bits per heavy atom. The molecule has 0 saturated carbocycles. The highest BCUT2D eigenvalue weighted by atomic mass is 35.5. The fourth-order valence-corrected chi connectivity index (χ4v) is 3.28. The number of nitrogens with one attached hydrogen (secondary N) is 1. The molecular formula is C17H19ClN2O3. The first-order valence-corrected chi connectivity index (χ1v) is 8.04. The van der Waals surface area contributed by atoms with E-state index in [2.05, 4.69) is 10.3 Å². The number of aromatic nitrogens is 1. The molecule has 2 aromatic rings. The average Bonchev–Trinajstić information content (AvgIpc) is 2.55. The number of ether oxygens (including phenoxy) is 1. The second-order valence-corrected chi connectivity index (χ2v) is 6.42. The Morgan fingerprint density at radius 3 is 3.09 bits per heavy atom. The van der Waals surface area contributed by atoms with Gasteiger partial charge in [-0.3, -0.25) is 9.78 Å². The fraction of sp³-hybridized carbons (Fsp3) is 0.412. The Labute approximate surface area is 139 Å². The van der Waals surface area contributed by atoms with E-state index in [4.69, 9.17) is 16.3 Å². The third-order valence-electron chi connectivity index (χ3n) is 4.30. The van der Waals surface area contributed by atoms with Crippen molar-refractivity contribution in [3.05, 3.63) is 41.0 Å². The summed E-state index contributed by atoms with van der Waals surface area (Å²) < 4.78 is 5.38. The molecule has 1 aromatic carbocycles. The van der Waals surface area contributed by atoms with Crippen LogP contribution in [0.4, 0.5) is 0 Å². The normalized spacial score (nSPS) is 21.4. The number of pyridine rings is 1. The molecule has 1 atom stereocenters. The van der Waals surface area contributed by atoms with Crippen molar-refractivity contribution in [2.45, 2.75) is 19.4 Å². The Morgan fingerprint density at radius 1 is 1.48 bits per heavy atom. The van der Waals surface area contributed by atoms with Gasteiger partial charge in [0.1, 0.15) is 5.41 Å². The zero-order valence-corrected chi connectivity index (χ0v) is 13.5. The zero-order chi connectivity index (χ0) is 16.3. The zero-order valence-electron chi connectivity index (χ0n) is 12.7. The molecule has 2 heterocycles. The van der Waals surface area contributed by atoms with Crippen LogP contribution in [0.5, 0.6) is 0 Å². The molecule has 1 fully saturated rings. The molecule has 0 spiro atoms. The third kappa shape index (κ3) is 3.47. The first-order valence-electron chi connectivity index (χ1n) is 7.66. The van der Waals surface area contributed by atoms with Crippen molar-refractivity contribution >= 4 is 28.5 Å². The van der Waals surface area contributed by atoms with Crippen molar-refractivity contribution in [2.24, 2.45) is 5.41 Å². The van der Waals surface area contributed by atoms with Crippen molar-refractivity contribution in [3.8, 4) is 0 Å². The number of halogens is 1. The van der Waals surface area contributed by atoms with E-state index in [1.807, 2.05) is 24.3 Å². The average molecular weight is 335 g/mol. The lowest BCUT2D eigenvalue weighted by molar-refractivity contribution is -0.156. The van der Waals surface area contributed by atoms with E-state index in [0.717, 1.165) is 22.9 Å². The van der Waals surface area contributed by atoms with Crippen LogP contribution in [0, 0.1) is 5.41 Å². The lowest BCUT2D eigenvalue weighted by Gasteiger charge is -2.33. The number of hydrogen-bond acceptors (Lipinski definition) is 4. The Kier molecular flexibility index (Phi) is 4.80. The number of fused-ring (bicyclic) bond motifs is 1. The fourth-order valence-electron chi connectivity index (χ4n) is 3.03. The highest BCUT2D eigenvalue weighted by molar-refractivity contribution is 6.31. The van der Waals surface area contributed by atoms with Crippen LogP contribution in [-0.2, 0) is 16.1 Å². The summed E-state index contributed by atoms with van der Waals surface area (Å²) >= 11 is 6.16. The van der Waals surface area contributed by atoms with Crippen LogP contribution >= 0.6 is 11.6 Å². The smallest absolute Gasteiger partial charge is 0.313 e. The van der Waals surface area contributed by atoms with Gasteiger partial charge in [0.15, 0.2) is 0 Å². The minimum atomic E-state index is -0.847. The molecule has 1 unspecified atom stereocenters. The molecule has 1 aliphatic heterocycles. The van der Waals surface area contributed by atoms with Gasteiger partial charge in [0, 0.05) is 36.3 Å². The van der Waals surface area contributed by atoms with Gasteiger partial charge in [0.25, 0.3) is 0 Å². The van der Waals surface area contributed by atoms with Crippen molar-refractivity contribution < 1.29 is 14.6 Å². The Balaban J connectivity index is 1.74. The molecule has 0 radical (unpaired) electrons. The Bertz CT molecular complexity index is 714. The summed E-state index contributed by atoms with van der Waals surface area (Å²) in [7, 11) is 0. The predicted molar refractivity (Wildman–Crippen MR) is 88.6 cm³/mol. The van der Waals surface area contributed by atoms with Crippen molar-refractivity contribution in [1.29, 1.82) is 0 Å². The molecular weight excluding hydrogens is 316 g/mol. The maximum Gasteiger partial charge on any atom is 0.313 e. The van der Waals surface area contributed by atoms with E-state index in [1.165, 1.54) is 0 Å². The van der Waals surface area contributed by atoms with Gasteiger partial charge in [-0.05, 0) is 36.6 Å². The van der Waals surface area contributed by atoms with E-state index in [1.54, 1.807) is 6.20 Å². The van der Waals surface area contributed by atoms with E-state index < -0.39 is 11.4 Å². The van der Waals surface area contributed by atoms with Gasteiger partial charge >= 0.3 is 5.97 Å². The first-order chi connectivity index (χ1) is 11.1. The van der Waals surface area contributed by atoms with Crippen LogP contribution in [0.1, 0.15) is 18.4 Å². The summed E-state index contributed by atoms with van der Waals surface area (Å²) in [6.45, 7) is 1.77. The quantitative estimate of drug-likeness (QED) is 0.879. The van der Waals surface area contributed by atoms with Gasteiger partial charge < -0.3 is 15.2 Å². The number of hydrogen-bond donors (Lipinski definition) is 2. The van der Waals surface area contributed by atoms with Gasteiger partial charge in [0.05, 0.1) is 12.1 Å². The standard InChI is InChI=1S/C17H19ClN2O3/c18-14-7-12-3-1-5-20-15(12)13(8-14)9-19-10-17(16(21)22)4-2-6-23-11-17/h1,3,5,7-8,19H,2,4,6,9-11H2,(H,21,22). The molecule has 122 valence electrons. The van der Waals surface area contributed by atoms with Gasteiger partial charge in [-0.15, -0.1) is 0 Å². The maximum atomic E-state index is 11.6. The summed E-state index contributed by atoms with van der Waals surface area (Å²) in [5, 5.41) is 14.4. The number of rotatable bonds is 5. The summed E-state index contributed by atoms with van der Waals surface area (Å²) in [4.78, 5) is 16.0. The topological polar surface area (TPSA) is 71.5 Å². The maximum absolute atomic E-state index is 11.6. The summed E-state index contributed by atoms with van der Waals surface area (Å²) in [5.41, 5.74) is 0.999. The highest BCUT2D eigenvalue weighted by Gasteiger charge is 2.40. The molecule has 0 aliphatic carbocycles. The summed E-state index contributed by atoms with van der Waals surface area (Å²) in [6.07, 6.45) is 3.15. The predicted octanol–water partition coefficient (Wildman–Crippen LogP) is 2.86. The number of aliphatic carboxylic acids is 1. The van der Waals surface area contributed by atoms with Crippen LogP contribution < -0.4 is 5.32 Å². The van der Waals surface area contributed by atoms with E-state index in [-0.39, 0.29) is 6.61 Å². The number of benzene rings is 1. The van der Waals surface area contributed by atoms with Crippen LogP contribution in [0.25, 0.3) is 10.9 Å². The molecule has 5 nitrogen and oxygen atoms in total. The number of carboxylic acids is 1. The minimum Gasteiger partial charge on any atom is -0.481 e. The lowest BCUT2D eigenvalue weighted by Crippen LogP contribution is -2.46. The second-order valence-electron chi connectivity index (χ2n) is 5.99. The molecule has 3 rings (SSSR count). The van der Waals surface area contributed by atoms with E-state index in [9.17, 15) is 9.90 Å².